The molecule has 0 bridgehead atoms. The highest BCUT2D eigenvalue weighted by Crippen LogP contribution is 2.17. The van der Waals surface area contributed by atoms with Gasteiger partial charge in [0, 0.05) is 37.9 Å². The standard InChI is InChI=1S/C16H22FN3O3S/c17-13-1-3-15(4-2-13)20-8-6-19(7-9-20)11-16(21)18-14-5-10-24(22,23)12-14/h1-4,14H,5-12H2,(H,18,21). The van der Waals surface area contributed by atoms with Crippen molar-refractivity contribution in [1.29, 1.82) is 0 Å². The first-order chi connectivity index (χ1) is 11.4. The largest absolute Gasteiger partial charge is 0.369 e. The van der Waals surface area contributed by atoms with Crippen molar-refractivity contribution < 1.29 is 17.6 Å². The van der Waals surface area contributed by atoms with Crippen molar-refractivity contribution in [2.75, 3.05) is 49.1 Å². The lowest BCUT2D eigenvalue weighted by atomic mass is 10.2. The summed E-state index contributed by atoms with van der Waals surface area (Å²) in [5.74, 6) is -0.152. The summed E-state index contributed by atoms with van der Waals surface area (Å²) in [6.07, 6.45) is 0.506. The Hall–Kier alpha value is -1.67. The second kappa shape index (κ2) is 7.06. The summed E-state index contributed by atoms with van der Waals surface area (Å²) in [6, 6.07) is 6.18. The number of hydrogen-bond acceptors (Lipinski definition) is 5. The molecule has 0 spiro atoms. The Labute approximate surface area is 141 Å². The first kappa shape index (κ1) is 17.2. The molecule has 1 unspecified atom stereocenters. The van der Waals surface area contributed by atoms with Crippen molar-refractivity contribution in [3.8, 4) is 0 Å². The first-order valence-electron chi connectivity index (χ1n) is 8.14. The van der Waals surface area contributed by atoms with Crippen LogP contribution in [-0.2, 0) is 14.6 Å². The molecule has 0 saturated carbocycles. The smallest absolute Gasteiger partial charge is 0.234 e. The van der Waals surface area contributed by atoms with Gasteiger partial charge in [-0.1, -0.05) is 0 Å². The zero-order valence-electron chi connectivity index (χ0n) is 13.4. The summed E-state index contributed by atoms with van der Waals surface area (Å²) in [5.41, 5.74) is 0.983. The predicted molar refractivity (Wildman–Crippen MR) is 90.3 cm³/mol. The SMILES string of the molecule is O=C(CN1CCN(c2ccc(F)cc2)CC1)NC1CCS(=O)(=O)C1. The number of anilines is 1. The number of rotatable bonds is 4. The van der Waals surface area contributed by atoms with E-state index in [0.717, 1.165) is 31.9 Å². The monoisotopic (exact) mass is 355 g/mol. The van der Waals surface area contributed by atoms with Crippen molar-refractivity contribution in [2.45, 2.75) is 12.5 Å². The summed E-state index contributed by atoms with van der Waals surface area (Å²) in [6.45, 7) is 3.32. The molecular weight excluding hydrogens is 333 g/mol. The minimum atomic E-state index is -2.98. The van der Waals surface area contributed by atoms with Gasteiger partial charge in [-0.2, -0.15) is 0 Å². The fraction of sp³-hybridized carbons (Fsp3) is 0.562. The normalized spacial score (nSPS) is 24.0. The van der Waals surface area contributed by atoms with Crippen molar-refractivity contribution in [2.24, 2.45) is 0 Å². The van der Waals surface area contributed by atoms with E-state index >= 15 is 0 Å². The molecule has 2 aliphatic rings. The van der Waals surface area contributed by atoms with Gasteiger partial charge in [-0.15, -0.1) is 0 Å². The lowest BCUT2D eigenvalue weighted by Crippen LogP contribution is -2.50. The quantitative estimate of drug-likeness (QED) is 0.839. The molecule has 2 heterocycles. The van der Waals surface area contributed by atoms with Gasteiger partial charge in [0.1, 0.15) is 5.82 Å². The lowest BCUT2D eigenvalue weighted by Gasteiger charge is -2.35. The number of nitrogens with zero attached hydrogens (tertiary/aromatic N) is 2. The maximum absolute atomic E-state index is 13.0. The van der Waals surface area contributed by atoms with E-state index in [-0.39, 0.29) is 35.8 Å². The van der Waals surface area contributed by atoms with Gasteiger partial charge < -0.3 is 10.2 Å². The van der Waals surface area contributed by atoms with Crippen molar-refractivity contribution in [3.05, 3.63) is 30.1 Å². The maximum atomic E-state index is 13.0. The van der Waals surface area contributed by atoms with E-state index in [1.807, 2.05) is 0 Å². The Morgan fingerprint density at radius 3 is 2.42 bits per heavy atom. The van der Waals surface area contributed by atoms with Crippen LogP contribution in [0.15, 0.2) is 24.3 Å². The third-order valence-electron chi connectivity index (χ3n) is 4.53. The van der Waals surface area contributed by atoms with Crippen LogP contribution in [0, 0.1) is 5.82 Å². The van der Waals surface area contributed by atoms with Gasteiger partial charge in [0.15, 0.2) is 9.84 Å². The van der Waals surface area contributed by atoms with Crippen LogP contribution in [0.4, 0.5) is 10.1 Å². The van der Waals surface area contributed by atoms with E-state index < -0.39 is 9.84 Å². The Morgan fingerprint density at radius 2 is 1.83 bits per heavy atom. The molecule has 0 aromatic heterocycles. The zero-order chi connectivity index (χ0) is 17.2. The Kier molecular flexibility index (Phi) is 5.05. The molecule has 0 radical (unpaired) electrons. The van der Waals surface area contributed by atoms with Crippen LogP contribution in [0.2, 0.25) is 0 Å². The number of benzene rings is 1. The van der Waals surface area contributed by atoms with E-state index in [4.69, 9.17) is 0 Å². The molecule has 3 rings (SSSR count). The predicted octanol–water partition coefficient (Wildman–Crippen LogP) is 0.251. The Balaban J connectivity index is 1.43. The lowest BCUT2D eigenvalue weighted by molar-refractivity contribution is -0.122. The van der Waals surface area contributed by atoms with Gasteiger partial charge in [0.25, 0.3) is 0 Å². The van der Waals surface area contributed by atoms with Gasteiger partial charge in [-0.3, -0.25) is 9.69 Å². The number of hydrogen-bond donors (Lipinski definition) is 1. The van der Waals surface area contributed by atoms with E-state index in [1.54, 1.807) is 12.1 Å². The zero-order valence-corrected chi connectivity index (χ0v) is 14.3. The summed E-state index contributed by atoms with van der Waals surface area (Å²) < 4.78 is 35.8. The minimum absolute atomic E-state index is 0.0527. The molecule has 2 aliphatic heterocycles. The van der Waals surface area contributed by atoms with Crippen LogP contribution in [0.3, 0.4) is 0 Å². The van der Waals surface area contributed by atoms with Crippen LogP contribution >= 0.6 is 0 Å². The van der Waals surface area contributed by atoms with E-state index in [9.17, 15) is 17.6 Å². The van der Waals surface area contributed by atoms with Gasteiger partial charge in [-0.25, -0.2) is 12.8 Å². The van der Waals surface area contributed by atoms with Crippen molar-refractivity contribution in [3.63, 3.8) is 0 Å². The highest BCUT2D eigenvalue weighted by molar-refractivity contribution is 7.91. The highest BCUT2D eigenvalue weighted by atomic mass is 32.2. The number of piperazine rings is 1. The number of carbonyl (C=O) groups is 1. The molecule has 2 fully saturated rings. The average molecular weight is 355 g/mol. The molecule has 132 valence electrons. The second-order valence-electron chi connectivity index (χ2n) is 6.41. The number of amides is 1. The van der Waals surface area contributed by atoms with Crippen LogP contribution in [-0.4, -0.2) is 69.5 Å². The van der Waals surface area contributed by atoms with Crippen LogP contribution in [0.5, 0.6) is 0 Å². The molecule has 1 N–H and O–H groups in total. The Morgan fingerprint density at radius 1 is 1.17 bits per heavy atom. The highest BCUT2D eigenvalue weighted by Gasteiger charge is 2.29. The average Bonchev–Trinajstić information content (AvgIpc) is 2.87. The van der Waals surface area contributed by atoms with Crippen LogP contribution in [0.25, 0.3) is 0 Å². The first-order valence-corrected chi connectivity index (χ1v) is 9.96. The van der Waals surface area contributed by atoms with E-state index in [2.05, 4.69) is 15.1 Å². The molecule has 8 heteroatoms. The topological polar surface area (TPSA) is 69.7 Å². The third kappa shape index (κ3) is 4.45. The molecular formula is C16H22FN3O3S. The van der Waals surface area contributed by atoms with Crippen LogP contribution in [0.1, 0.15) is 6.42 Å². The van der Waals surface area contributed by atoms with Crippen molar-refractivity contribution in [1.82, 2.24) is 10.2 Å². The number of carbonyl (C=O) groups excluding carboxylic acids is 1. The van der Waals surface area contributed by atoms with Gasteiger partial charge in [0.2, 0.25) is 5.91 Å². The molecule has 1 aromatic rings. The Bertz CT molecular complexity index is 685. The molecule has 2 saturated heterocycles. The summed E-state index contributed by atoms with van der Waals surface area (Å²) in [4.78, 5) is 16.3. The van der Waals surface area contributed by atoms with E-state index in [1.165, 1.54) is 12.1 Å². The third-order valence-corrected chi connectivity index (χ3v) is 6.30. The molecule has 1 atom stereocenters. The summed E-state index contributed by atoms with van der Waals surface area (Å²) in [5, 5.41) is 2.82. The summed E-state index contributed by atoms with van der Waals surface area (Å²) >= 11 is 0. The van der Waals surface area contributed by atoms with Gasteiger partial charge in [0.05, 0.1) is 18.1 Å². The molecule has 1 aromatic carbocycles. The van der Waals surface area contributed by atoms with Crippen molar-refractivity contribution >= 4 is 21.4 Å². The number of nitrogens with one attached hydrogen (secondary N) is 1. The maximum Gasteiger partial charge on any atom is 0.234 e. The molecule has 0 aliphatic carbocycles. The molecule has 1 amide bonds. The number of halogens is 1. The summed E-state index contributed by atoms with van der Waals surface area (Å²) in [7, 11) is -2.98. The van der Waals surface area contributed by atoms with E-state index in [0.29, 0.717) is 6.42 Å². The second-order valence-corrected chi connectivity index (χ2v) is 8.64. The molecule has 24 heavy (non-hydrogen) atoms. The minimum Gasteiger partial charge on any atom is -0.369 e. The fourth-order valence-corrected chi connectivity index (χ4v) is 4.87. The molecule has 6 nitrogen and oxygen atoms in total. The van der Waals surface area contributed by atoms with Gasteiger partial charge >= 0.3 is 0 Å². The fourth-order valence-electron chi connectivity index (χ4n) is 3.20. The van der Waals surface area contributed by atoms with Crippen LogP contribution < -0.4 is 10.2 Å². The number of sulfone groups is 1. The van der Waals surface area contributed by atoms with Gasteiger partial charge in [-0.05, 0) is 30.7 Å².